The largest absolute Gasteiger partial charge is 0.488 e. The molecule has 12 rings (SSSR count). The van der Waals surface area contributed by atoms with Gasteiger partial charge < -0.3 is 29.0 Å². The number of thiophene rings is 3. The zero-order valence-corrected chi connectivity index (χ0v) is 38.4. The molecule has 5 aromatic carbocycles. The lowest BCUT2D eigenvalue weighted by Crippen LogP contribution is -2.18. The van der Waals surface area contributed by atoms with Crippen LogP contribution >= 0.6 is 34.0 Å². The highest BCUT2D eigenvalue weighted by molar-refractivity contribution is 7.41. The minimum atomic E-state index is -1.28. The molecule has 11 heteroatoms. The molecule has 3 aromatic heterocycles. The molecule has 0 atom stereocenters. The summed E-state index contributed by atoms with van der Waals surface area (Å²) in [5.41, 5.74) is 14.0. The molecule has 0 bridgehead atoms. The van der Waals surface area contributed by atoms with Crippen LogP contribution in [0, 0.1) is 11.3 Å². The highest BCUT2D eigenvalue weighted by Gasteiger charge is 2.38. The normalized spacial score (nSPS) is 15.8. The molecule has 0 saturated heterocycles. The number of carbonyl (C=O) groups is 1. The van der Waals surface area contributed by atoms with Gasteiger partial charge in [-0.05, 0) is 92.5 Å². The second-order valence-corrected chi connectivity index (χ2v) is 21.0. The summed E-state index contributed by atoms with van der Waals surface area (Å²) in [6, 6.07) is 42.0. The molecule has 5 heterocycles. The fourth-order valence-corrected chi connectivity index (χ4v) is 14.1. The maximum Gasteiger partial charge on any atom is 0.346 e. The van der Waals surface area contributed by atoms with Crippen LogP contribution in [0.2, 0.25) is 0 Å². The van der Waals surface area contributed by atoms with Crippen LogP contribution in [-0.2, 0) is 15.6 Å². The molecule has 0 spiro atoms. The van der Waals surface area contributed by atoms with Gasteiger partial charge in [0.05, 0.1) is 28.9 Å². The molecule has 0 amide bonds. The van der Waals surface area contributed by atoms with Crippen molar-refractivity contribution < 1.29 is 28.8 Å². The SMILES string of the molecule is CC1(C)c2ccccc2-c2ccc(N(c3ccc(-c4sc(-c5sc6sc(C=C(C#N)C(=O)O)c7c6c5OCCO7)c5c4OCCO5)cc3)c3ccc4c(c3)C(C)(C)c3ccccc3-4)cc21. The summed E-state index contributed by atoms with van der Waals surface area (Å²) in [5.74, 6) is 1.31. The van der Waals surface area contributed by atoms with Gasteiger partial charge in [-0.15, -0.1) is 34.0 Å². The first-order valence-corrected chi connectivity index (χ1v) is 24.0. The Bertz CT molecular complexity index is 3290. The molecule has 65 heavy (non-hydrogen) atoms. The van der Waals surface area contributed by atoms with E-state index in [1.165, 1.54) is 61.9 Å². The van der Waals surface area contributed by atoms with Gasteiger partial charge in [0.1, 0.15) is 43.8 Å². The fourth-order valence-electron chi connectivity index (χ4n) is 10.2. The fraction of sp³-hybridized carbons (Fsp3) is 0.185. The van der Waals surface area contributed by atoms with Crippen molar-refractivity contribution in [3.05, 3.63) is 142 Å². The highest BCUT2D eigenvalue weighted by atomic mass is 32.2. The molecule has 2 aliphatic carbocycles. The van der Waals surface area contributed by atoms with Crippen molar-refractivity contribution in [1.29, 1.82) is 5.26 Å². The summed E-state index contributed by atoms with van der Waals surface area (Å²) >= 11 is 4.54. The number of benzene rings is 5. The third-order valence-electron chi connectivity index (χ3n) is 13.3. The number of hydrogen-bond donors (Lipinski definition) is 1. The summed E-state index contributed by atoms with van der Waals surface area (Å²) in [6.45, 7) is 10.8. The summed E-state index contributed by atoms with van der Waals surface area (Å²) in [6.07, 6.45) is 1.38. The Morgan fingerprint density at radius 1 is 0.600 bits per heavy atom. The maximum absolute atomic E-state index is 11.7. The van der Waals surface area contributed by atoms with Crippen molar-refractivity contribution >= 4 is 72.5 Å². The molecule has 0 saturated carbocycles. The summed E-state index contributed by atoms with van der Waals surface area (Å²) in [4.78, 5) is 17.5. The molecule has 8 nitrogen and oxygen atoms in total. The molecule has 320 valence electrons. The Kier molecular flexibility index (Phi) is 8.92. The first-order valence-electron chi connectivity index (χ1n) is 21.5. The van der Waals surface area contributed by atoms with Crippen molar-refractivity contribution in [2.24, 2.45) is 0 Å². The van der Waals surface area contributed by atoms with E-state index in [0.29, 0.717) is 47.7 Å². The van der Waals surface area contributed by atoms with Gasteiger partial charge in [0.25, 0.3) is 0 Å². The van der Waals surface area contributed by atoms with Crippen LogP contribution in [0.25, 0.3) is 57.9 Å². The predicted octanol–water partition coefficient (Wildman–Crippen LogP) is 14.0. The number of carboxylic acids is 1. The van der Waals surface area contributed by atoms with E-state index in [4.69, 9.17) is 18.9 Å². The molecule has 4 aliphatic rings. The number of nitrogens with zero attached hydrogens (tertiary/aromatic N) is 2. The minimum Gasteiger partial charge on any atom is -0.488 e. The molecular formula is C54H40N2O6S3. The van der Waals surface area contributed by atoms with Crippen molar-refractivity contribution in [2.75, 3.05) is 31.3 Å². The number of fused-ring (bicyclic) bond motifs is 7. The summed E-state index contributed by atoms with van der Waals surface area (Å²) in [7, 11) is 0. The standard InChI is InChI=1S/C54H40N2O6S3/c1-53(2)38-11-7-5-9-34(38)36-19-17-32(26-40(36)53)56(33-18-20-37-35-10-6-8-12-39(35)54(3,4)41(37)27-33)31-15-13-29(14-16-31)48-46-47(62-24-23-61-46)50(64-48)49-45-43-44(59-21-22-60-45)42(63-52(43)65-49)25-30(28-55)51(57)58/h5-20,25-27H,21-24H2,1-4H3,(H,57,58). The van der Waals surface area contributed by atoms with Crippen molar-refractivity contribution in [1.82, 2.24) is 0 Å². The zero-order chi connectivity index (χ0) is 44.4. The Labute approximate surface area is 387 Å². The van der Waals surface area contributed by atoms with Crippen LogP contribution in [0.15, 0.2) is 115 Å². The lowest BCUT2D eigenvalue weighted by atomic mass is 9.82. The van der Waals surface area contributed by atoms with E-state index in [-0.39, 0.29) is 23.0 Å². The molecule has 0 unspecified atom stereocenters. The van der Waals surface area contributed by atoms with Crippen molar-refractivity contribution in [3.63, 3.8) is 0 Å². The monoisotopic (exact) mass is 908 g/mol. The second kappa shape index (κ2) is 14.6. The minimum absolute atomic E-state index is 0.160. The first-order chi connectivity index (χ1) is 31.5. The highest BCUT2D eigenvalue weighted by Crippen LogP contribution is 2.62. The number of carboxylic acid groups (broad SMARTS) is 1. The third kappa shape index (κ3) is 5.94. The van der Waals surface area contributed by atoms with Crippen LogP contribution in [0.5, 0.6) is 23.0 Å². The number of aliphatic carboxylic acids is 1. The number of nitriles is 1. The molecule has 2 aliphatic heterocycles. The number of ether oxygens (including phenoxy) is 4. The Hall–Kier alpha value is -6.84. The van der Waals surface area contributed by atoms with E-state index in [1.54, 1.807) is 28.7 Å². The van der Waals surface area contributed by atoms with E-state index >= 15 is 0 Å². The smallest absolute Gasteiger partial charge is 0.346 e. The molecule has 1 N–H and O–H groups in total. The third-order valence-corrected chi connectivity index (χ3v) is 17.1. The van der Waals surface area contributed by atoms with Gasteiger partial charge in [0.15, 0.2) is 17.2 Å². The Morgan fingerprint density at radius 3 is 1.66 bits per heavy atom. The maximum atomic E-state index is 11.7. The average molecular weight is 909 g/mol. The van der Waals surface area contributed by atoms with E-state index in [2.05, 4.69) is 142 Å². The summed E-state index contributed by atoms with van der Waals surface area (Å²) in [5, 5.41) is 19.8. The van der Waals surface area contributed by atoms with Crippen LogP contribution in [-0.4, -0.2) is 37.5 Å². The summed E-state index contributed by atoms with van der Waals surface area (Å²) < 4.78 is 26.2. The van der Waals surface area contributed by atoms with E-state index in [0.717, 1.165) is 46.7 Å². The molecule has 0 fully saturated rings. The van der Waals surface area contributed by atoms with E-state index in [9.17, 15) is 15.2 Å². The Morgan fingerprint density at radius 2 is 1.09 bits per heavy atom. The van der Waals surface area contributed by atoms with Crippen molar-refractivity contribution in [2.45, 2.75) is 38.5 Å². The van der Waals surface area contributed by atoms with Crippen LogP contribution in [0.3, 0.4) is 0 Å². The Balaban J connectivity index is 0.970. The predicted molar refractivity (Wildman–Crippen MR) is 261 cm³/mol. The number of anilines is 3. The van der Waals surface area contributed by atoms with Gasteiger partial charge >= 0.3 is 5.97 Å². The van der Waals surface area contributed by atoms with Crippen molar-refractivity contribution in [3.8, 4) is 71.5 Å². The lowest BCUT2D eigenvalue weighted by Gasteiger charge is -2.30. The lowest BCUT2D eigenvalue weighted by molar-refractivity contribution is -0.132. The average Bonchev–Trinajstić information content (AvgIpc) is 4.03. The van der Waals surface area contributed by atoms with Gasteiger partial charge in [-0.1, -0.05) is 100 Å². The van der Waals surface area contributed by atoms with Gasteiger partial charge in [-0.3, -0.25) is 0 Å². The molecule has 0 radical (unpaired) electrons. The van der Waals surface area contributed by atoms with Crippen LogP contribution in [0.4, 0.5) is 17.1 Å². The van der Waals surface area contributed by atoms with Crippen LogP contribution < -0.4 is 23.8 Å². The topological polar surface area (TPSA) is 101 Å². The van der Waals surface area contributed by atoms with Gasteiger partial charge in [0.2, 0.25) is 0 Å². The quantitative estimate of drug-likeness (QED) is 0.125. The second-order valence-electron chi connectivity index (χ2n) is 17.7. The number of hydrogen-bond acceptors (Lipinski definition) is 10. The number of rotatable bonds is 7. The molecular weight excluding hydrogens is 869 g/mol. The van der Waals surface area contributed by atoms with Gasteiger partial charge in [-0.25, -0.2) is 4.79 Å². The van der Waals surface area contributed by atoms with Crippen LogP contribution in [0.1, 0.15) is 54.8 Å². The van der Waals surface area contributed by atoms with E-state index < -0.39 is 5.97 Å². The van der Waals surface area contributed by atoms with Gasteiger partial charge in [0, 0.05) is 27.9 Å². The first kappa shape index (κ1) is 39.7. The molecule has 8 aromatic rings. The zero-order valence-electron chi connectivity index (χ0n) is 35.9. The van der Waals surface area contributed by atoms with E-state index in [1.807, 2.05) is 0 Å². The van der Waals surface area contributed by atoms with Gasteiger partial charge in [-0.2, -0.15) is 5.26 Å².